The normalized spacial score (nSPS) is 15.1. The molecule has 1 amide bonds. The first kappa shape index (κ1) is 60.2. The molecular weight excluding hydrogens is 804 g/mol. The van der Waals surface area contributed by atoms with Crippen LogP contribution in [-0.2, 0) is 18.4 Å². The monoisotopic (exact) mass is 897 g/mol. The van der Waals surface area contributed by atoms with E-state index in [2.05, 4.69) is 129 Å². The molecule has 0 fully saturated rings. The topological polar surface area (TPSA) is 108 Å². The maximum Gasteiger partial charge on any atom is 0.268 e. The molecule has 2 N–H and O–H groups in total. The van der Waals surface area contributed by atoms with E-state index in [1.807, 2.05) is 21.1 Å². The number of amides is 1. The minimum absolute atomic E-state index is 0.00516. The number of nitrogens with one attached hydrogen (secondary N) is 1. The lowest BCUT2D eigenvalue weighted by Crippen LogP contribution is -2.46. The molecule has 0 aromatic carbocycles. The van der Waals surface area contributed by atoms with E-state index in [0.717, 1.165) is 83.5 Å². The van der Waals surface area contributed by atoms with E-state index in [0.29, 0.717) is 23.9 Å². The van der Waals surface area contributed by atoms with Gasteiger partial charge in [0.25, 0.3) is 7.82 Å². The van der Waals surface area contributed by atoms with Crippen molar-refractivity contribution >= 4 is 13.7 Å². The number of allylic oxidation sites excluding steroid dienone is 18. The summed E-state index contributed by atoms with van der Waals surface area (Å²) in [7, 11) is 1.25. The number of nitrogens with zero attached hydrogens (tertiary/aromatic N) is 1. The van der Waals surface area contributed by atoms with Crippen molar-refractivity contribution in [3.63, 3.8) is 0 Å². The van der Waals surface area contributed by atoms with E-state index in [1.54, 1.807) is 0 Å². The van der Waals surface area contributed by atoms with Gasteiger partial charge in [0.15, 0.2) is 0 Å². The number of hydrogen-bond donors (Lipinski definition) is 2. The Labute approximate surface area is 387 Å². The fourth-order valence-corrected chi connectivity index (χ4v) is 7.11. The average Bonchev–Trinajstić information content (AvgIpc) is 3.24. The molecule has 360 valence electrons. The summed E-state index contributed by atoms with van der Waals surface area (Å²) in [6, 6.07) is -0.838. The number of aliphatic hydroxyl groups is 1. The molecule has 9 heteroatoms. The van der Waals surface area contributed by atoms with Gasteiger partial charge in [-0.25, -0.2) is 0 Å². The molecule has 3 unspecified atom stereocenters. The van der Waals surface area contributed by atoms with Crippen molar-refractivity contribution < 1.29 is 32.9 Å². The zero-order chi connectivity index (χ0) is 46.4. The highest BCUT2D eigenvalue weighted by Crippen LogP contribution is 2.38. The lowest BCUT2D eigenvalue weighted by molar-refractivity contribution is -0.870. The van der Waals surface area contributed by atoms with Gasteiger partial charge in [-0.2, -0.15) is 0 Å². The lowest BCUT2D eigenvalue weighted by atomic mass is 10.0. The molecule has 0 aromatic heterocycles. The molecule has 0 aliphatic heterocycles. The van der Waals surface area contributed by atoms with E-state index in [4.69, 9.17) is 9.05 Å². The second-order valence-electron chi connectivity index (χ2n) is 17.4. The smallest absolute Gasteiger partial charge is 0.268 e. The zero-order valence-corrected chi connectivity index (χ0v) is 41.6. The molecule has 0 radical (unpaired) electrons. The van der Waals surface area contributed by atoms with Crippen LogP contribution in [0.25, 0.3) is 0 Å². The van der Waals surface area contributed by atoms with Gasteiger partial charge in [-0.15, -0.1) is 0 Å². The van der Waals surface area contributed by atoms with E-state index in [-0.39, 0.29) is 25.5 Å². The third-order valence-electron chi connectivity index (χ3n) is 10.3. The van der Waals surface area contributed by atoms with Gasteiger partial charge in [0.2, 0.25) is 5.91 Å². The van der Waals surface area contributed by atoms with Crippen LogP contribution in [0, 0.1) is 0 Å². The summed E-state index contributed by atoms with van der Waals surface area (Å²) in [5.41, 5.74) is 0. The molecule has 63 heavy (non-hydrogen) atoms. The Kier molecular flexibility index (Phi) is 42.4. The van der Waals surface area contributed by atoms with E-state index >= 15 is 0 Å². The van der Waals surface area contributed by atoms with Gasteiger partial charge in [-0.3, -0.25) is 9.36 Å². The third-order valence-corrected chi connectivity index (χ3v) is 11.2. The Balaban J connectivity index is 4.37. The first-order valence-corrected chi connectivity index (χ1v) is 26.2. The average molecular weight is 897 g/mol. The lowest BCUT2D eigenvalue weighted by Gasteiger charge is -2.30. The summed E-state index contributed by atoms with van der Waals surface area (Å²) >= 11 is 0. The van der Waals surface area contributed by atoms with Crippen LogP contribution in [0.15, 0.2) is 109 Å². The van der Waals surface area contributed by atoms with Crippen molar-refractivity contribution in [1.29, 1.82) is 0 Å². The number of carbonyl (C=O) groups is 1. The summed E-state index contributed by atoms with van der Waals surface area (Å²) in [6.07, 6.45) is 64.0. The minimum Gasteiger partial charge on any atom is -0.756 e. The molecule has 0 saturated heterocycles. The molecule has 3 atom stereocenters. The molecule has 0 spiro atoms. The second kappa shape index (κ2) is 44.4. The predicted octanol–water partition coefficient (Wildman–Crippen LogP) is 13.8. The van der Waals surface area contributed by atoms with Crippen molar-refractivity contribution in [1.82, 2.24) is 5.32 Å². The van der Waals surface area contributed by atoms with Gasteiger partial charge in [0.05, 0.1) is 39.9 Å². The minimum atomic E-state index is -4.59. The Bertz CT molecular complexity index is 1390. The van der Waals surface area contributed by atoms with Gasteiger partial charge >= 0.3 is 0 Å². The van der Waals surface area contributed by atoms with E-state index < -0.39 is 20.0 Å². The zero-order valence-electron chi connectivity index (χ0n) is 40.7. The first-order chi connectivity index (χ1) is 30.5. The number of aliphatic hydroxyl groups excluding tert-OH is 1. The molecule has 0 heterocycles. The van der Waals surface area contributed by atoms with Crippen LogP contribution in [-0.4, -0.2) is 68.5 Å². The number of quaternary nitrogens is 1. The standard InChI is InChI=1S/C54H93N2O6P/c1-6-8-10-12-14-16-18-20-21-22-23-24-25-26-27-28-29-30-31-32-33-34-35-36-38-40-42-44-46-48-54(58)55-52(51-62-63(59,60)61-50-49-56(3,4)5)53(57)47-45-43-41-39-37-19-17-15-13-11-9-7-2/h8,10,14,16,20-21,23-24,26-27,29-30,32-33,35-36,40,42,52-53,57H,6-7,9,11-13,15,17-19,22,25,28,31,34,37-39,41,43-51H2,1-5H3,(H-,55,58,59,60)/b10-8-,16-14-,21-20-,24-23-,27-26-,30-29-,33-32-,36-35-,42-40-. The van der Waals surface area contributed by atoms with E-state index in [9.17, 15) is 19.4 Å². The summed E-state index contributed by atoms with van der Waals surface area (Å²) in [6.45, 7) is 4.53. The SMILES string of the molecule is CC/C=C\C/C=C\C/C=C\C/C=C\C/C=C\C/C=C\C/C=C\C/C=C\C/C=C\CCCC(=O)NC(COP(=O)([O-])OCC[N+](C)(C)C)C(O)CCCCCCCCCCCCCC. The number of hydrogen-bond acceptors (Lipinski definition) is 6. The molecule has 0 aliphatic rings. The molecule has 0 aliphatic carbocycles. The van der Waals surface area contributed by atoms with Gasteiger partial charge in [-0.05, 0) is 77.0 Å². The molecular formula is C54H93N2O6P. The maximum absolute atomic E-state index is 12.9. The van der Waals surface area contributed by atoms with Gasteiger partial charge < -0.3 is 28.8 Å². The Morgan fingerprint density at radius 2 is 0.952 bits per heavy atom. The second-order valence-corrected chi connectivity index (χ2v) is 18.8. The van der Waals surface area contributed by atoms with Crippen molar-refractivity contribution in [3.05, 3.63) is 109 Å². The highest BCUT2D eigenvalue weighted by molar-refractivity contribution is 7.45. The van der Waals surface area contributed by atoms with Crippen LogP contribution in [0.3, 0.4) is 0 Å². The van der Waals surface area contributed by atoms with Crippen molar-refractivity contribution in [2.75, 3.05) is 40.9 Å². The van der Waals surface area contributed by atoms with Crippen LogP contribution in [0.1, 0.15) is 174 Å². The summed E-state index contributed by atoms with van der Waals surface area (Å²) in [5, 5.41) is 13.9. The van der Waals surface area contributed by atoms with Gasteiger partial charge in [0.1, 0.15) is 13.2 Å². The third kappa shape index (κ3) is 47.0. The highest BCUT2D eigenvalue weighted by atomic mass is 31.2. The number of carbonyl (C=O) groups excluding carboxylic acids is 1. The predicted molar refractivity (Wildman–Crippen MR) is 269 cm³/mol. The van der Waals surface area contributed by atoms with Crippen LogP contribution >= 0.6 is 7.82 Å². The summed E-state index contributed by atoms with van der Waals surface area (Å²) < 4.78 is 23.2. The molecule has 0 rings (SSSR count). The van der Waals surface area contributed by atoms with Gasteiger partial charge in [-0.1, -0.05) is 200 Å². The number of phosphoric ester groups is 1. The summed E-state index contributed by atoms with van der Waals surface area (Å²) in [5.74, 6) is -0.229. The summed E-state index contributed by atoms with van der Waals surface area (Å²) in [4.78, 5) is 25.4. The fraction of sp³-hybridized carbons (Fsp3) is 0.648. The van der Waals surface area contributed by atoms with Crippen LogP contribution in [0.5, 0.6) is 0 Å². The number of rotatable bonds is 43. The van der Waals surface area contributed by atoms with Crippen LogP contribution < -0.4 is 10.2 Å². The number of likely N-dealkylation sites (N-methyl/N-ethyl adjacent to an activating group) is 1. The Morgan fingerprint density at radius 3 is 1.35 bits per heavy atom. The van der Waals surface area contributed by atoms with Crippen LogP contribution in [0.4, 0.5) is 0 Å². The van der Waals surface area contributed by atoms with Crippen LogP contribution in [0.2, 0.25) is 0 Å². The Hall–Kier alpha value is -2.84. The molecule has 0 saturated carbocycles. The Morgan fingerprint density at radius 1 is 0.571 bits per heavy atom. The fourth-order valence-electron chi connectivity index (χ4n) is 6.39. The molecule has 0 aromatic rings. The first-order valence-electron chi connectivity index (χ1n) is 24.7. The molecule has 8 nitrogen and oxygen atoms in total. The number of phosphoric acid groups is 1. The van der Waals surface area contributed by atoms with Crippen molar-refractivity contribution in [2.24, 2.45) is 0 Å². The van der Waals surface area contributed by atoms with Gasteiger partial charge in [0, 0.05) is 6.42 Å². The highest BCUT2D eigenvalue weighted by Gasteiger charge is 2.24. The number of unbranched alkanes of at least 4 members (excludes halogenated alkanes) is 12. The van der Waals surface area contributed by atoms with Crippen molar-refractivity contribution in [2.45, 2.75) is 187 Å². The quantitative estimate of drug-likeness (QED) is 0.0273. The van der Waals surface area contributed by atoms with Crippen molar-refractivity contribution in [3.8, 4) is 0 Å². The maximum atomic E-state index is 12.9. The largest absolute Gasteiger partial charge is 0.756 e. The molecule has 0 bridgehead atoms. The van der Waals surface area contributed by atoms with E-state index in [1.165, 1.54) is 57.8 Å².